The molecule has 2 aromatic rings. The first kappa shape index (κ1) is 20.1. The summed E-state index contributed by atoms with van der Waals surface area (Å²) >= 11 is 0. The van der Waals surface area contributed by atoms with Gasteiger partial charge in [-0.15, -0.1) is 0 Å². The van der Waals surface area contributed by atoms with Gasteiger partial charge in [-0.25, -0.2) is 4.79 Å². The molecular weight excluding hydrogens is 399 g/mol. The summed E-state index contributed by atoms with van der Waals surface area (Å²) in [6, 6.07) is 9.68. The molecule has 0 aliphatic carbocycles. The van der Waals surface area contributed by atoms with Crippen LogP contribution in [0, 0.1) is 0 Å². The average Bonchev–Trinajstić information content (AvgIpc) is 3.39. The Morgan fingerprint density at radius 1 is 1.00 bits per heavy atom. The summed E-state index contributed by atoms with van der Waals surface area (Å²) < 4.78 is 44.5. The molecule has 4 rings (SSSR count). The molecule has 1 N–H and O–H groups in total. The minimum atomic E-state index is -4.50. The quantitative estimate of drug-likeness (QED) is 0.792. The van der Waals surface area contributed by atoms with Crippen molar-refractivity contribution in [3.8, 4) is 0 Å². The number of nitrogens with one attached hydrogen (secondary N) is 1. The van der Waals surface area contributed by atoms with E-state index >= 15 is 0 Å². The maximum absolute atomic E-state index is 13.2. The van der Waals surface area contributed by atoms with Crippen LogP contribution in [0.1, 0.15) is 28.8 Å². The largest absolute Gasteiger partial charge is 0.447 e. The summed E-state index contributed by atoms with van der Waals surface area (Å²) in [5.41, 5.74) is 0.750. The molecule has 9 heteroatoms. The number of hydrogen-bond donors (Lipinski definition) is 1. The van der Waals surface area contributed by atoms with Gasteiger partial charge in [-0.05, 0) is 55.3 Å². The second-order valence-corrected chi connectivity index (χ2v) is 7.19. The highest BCUT2D eigenvalue weighted by Crippen LogP contribution is 2.36. The molecule has 2 fully saturated rings. The molecule has 0 unspecified atom stereocenters. The molecule has 0 atom stereocenters. The van der Waals surface area contributed by atoms with E-state index in [1.54, 1.807) is 12.1 Å². The van der Waals surface area contributed by atoms with Crippen LogP contribution in [-0.2, 0) is 10.9 Å². The van der Waals surface area contributed by atoms with Gasteiger partial charge in [0.1, 0.15) is 6.61 Å². The number of anilines is 3. The molecule has 2 aliphatic rings. The zero-order valence-electron chi connectivity index (χ0n) is 16.0. The van der Waals surface area contributed by atoms with Gasteiger partial charge in [-0.2, -0.15) is 13.2 Å². The maximum Gasteiger partial charge on any atom is 0.416 e. The van der Waals surface area contributed by atoms with Gasteiger partial charge in [0.2, 0.25) is 0 Å². The van der Waals surface area contributed by atoms with Crippen LogP contribution in [0.15, 0.2) is 42.5 Å². The average molecular weight is 419 g/mol. The van der Waals surface area contributed by atoms with Crippen molar-refractivity contribution in [3.05, 3.63) is 53.6 Å². The van der Waals surface area contributed by atoms with Gasteiger partial charge in [0.25, 0.3) is 5.91 Å². The van der Waals surface area contributed by atoms with Crippen LogP contribution in [0.25, 0.3) is 0 Å². The lowest BCUT2D eigenvalue weighted by atomic mass is 10.1. The number of halogens is 3. The molecule has 158 valence electrons. The number of carbonyl (C=O) groups excluding carboxylic acids is 2. The summed E-state index contributed by atoms with van der Waals surface area (Å²) in [6.45, 7) is 2.19. The Balaban J connectivity index is 1.57. The number of hydrogen-bond acceptors (Lipinski definition) is 4. The first-order valence-electron chi connectivity index (χ1n) is 9.65. The minimum Gasteiger partial charge on any atom is -0.447 e. The van der Waals surface area contributed by atoms with Gasteiger partial charge in [0.15, 0.2) is 0 Å². The lowest BCUT2D eigenvalue weighted by molar-refractivity contribution is -0.137. The monoisotopic (exact) mass is 419 g/mol. The summed E-state index contributed by atoms with van der Waals surface area (Å²) in [6.07, 6.45) is -3.05. The smallest absolute Gasteiger partial charge is 0.416 e. The van der Waals surface area contributed by atoms with Gasteiger partial charge in [-0.1, -0.05) is 0 Å². The topological polar surface area (TPSA) is 61.9 Å². The van der Waals surface area contributed by atoms with E-state index < -0.39 is 23.7 Å². The van der Waals surface area contributed by atoms with Crippen molar-refractivity contribution in [2.24, 2.45) is 0 Å². The van der Waals surface area contributed by atoms with Crippen LogP contribution < -0.4 is 15.1 Å². The molecular formula is C21H20F3N3O3. The Hall–Kier alpha value is -3.23. The van der Waals surface area contributed by atoms with Gasteiger partial charge in [0, 0.05) is 24.3 Å². The van der Waals surface area contributed by atoms with Crippen molar-refractivity contribution in [2.45, 2.75) is 19.0 Å². The molecule has 0 spiro atoms. The summed E-state index contributed by atoms with van der Waals surface area (Å²) in [4.78, 5) is 27.8. The van der Waals surface area contributed by atoms with Crippen LogP contribution >= 0.6 is 0 Å². The van der Waals surface area contributed by atoms with E-state index in [0.717, 1.165) is 38.1 Å². The number of alkyl halides is 3. The Morgan fingerprint density at radius 2 is 1.70 bits per heavy atom. The van der Waals surface area contributed by atoms with Crippen LogP contribution in [-0.4, -0.2) is 38.2 Å². The molecule has 2 aromatic carbocycles. The Labute approximate surface area is 171 Å². The van der Waals surface area contributed by atoms with Crippen molar-refractivity contribution in [3.63, 3.8) is 0 Å². The van der Waals surface area contributed by atoms with E-state index in [1.165, 1.54) is 23.1 Å². The number of benzene rings is 2. The zero-order chi connectivity index (χ0) is 21.3. The van der Waals surface area contributed by atoms with Crippen LogP contribution in [0.3, 0.4) is 0 Å². The molecule has 0 bridgehead atoms. The van der Waals surface area contributed by atoms with E-state index in [2.05, 4.69) is 5.32 Å². The molecule has 0 saturated carbocycles. The fraction of sp³-hybridized carbons (Fsp3) is 0.333. The molecule has 0 radical (unpaired) electrons. The Morgan fingerprint density at radius 3 is 2.30 bits per heavy atom. The minimum absolute atomic E-state index is 0.129. The second kappa shape index (κ2) is 7.89. The van der Waals surface area contributed by atoms with Crippen LogP contribution in [0.4, 0.5) is 35.0 Å². The standard InChI is InChI=1S/C21H20F3N3O3/c22-21(23,24)15-5-8-18(26-9-1-2-10-26)17(13-15)25-19(28)14-3-6-16(7-4-14)27-11-12-30-20(27)29/h3-8,13H,1-2,9-12H2,(H,25,28). The number of ether oxygens (including phenoxy) is 1. The second-order valence-electron chi connectivity index (χ2n) is 7.19. The summed E-state index contributed by atoms with van der Waals surface area (Å²) in [5, 5.41) is 2.63. The van der Waals surface area contributed by atoms with Gasteiger partial charge in [0.05, 0.1) is 23.5 Å². The van der Waals surface area contributed by atoms with E-state index in [9.17, 15) is 22.8 Å². The van der Waals surface area contributed by atoms with Crippen LogP contribution in [0.5, 0.6) is 0 Å². The van der Waals surface area contributed by atoms with Crippen molar-refractivity contribution in [1.82, 2.24) is 0 Å². The van der Waals surface area contributed by atoms with E-state index in [0.29, 0.717) is 24.5 Å². The molecule has 2 heterocycles. The van der Waals surface area contributed by atoms with E-state index in [-0.39, 0.29) is 11.3 Å². The maximum atomic E-state index is 13.2. The summed E-state index contributed by atoms with van der Waals surface area (Å²) in [5.74, 6) is -0.523. The first-order chi connectivity index (χ1) is 14.3. The van der Waals surface area contributed by atoms with Gasteiger partial charge >= 0.3 is 12.3 Å². The lowest BCUT2D eigenvalue weighted by Crippen LogP contribution is -2.23. The molecule has 6 nitrogen and oxygen atoms in total. The highest BCUT2D eigenvalue weighted by molar-refractivity contribution is 6.06. The van der Waals surface area contributed by atoms with Crippen molar-refractivity contribution < 1.29 is 27.5 Å². The molecule has 2 saturated heterocycles. The lowest BCUT2D eigenvalue weighted by Gasteiger charge is -2.23. The molecule has 2 amide bonds. The third kappa shape index (κ3) is 4.05. The van der Waals surface area contributed by atoms with Gasteiger partial charge in [-0.3, -0.25) is 9.69 Å². The number of nitrogens with zero attached hydrogens (tertiary/aromatic N) is 2. The molecule has 2 aliphatic heterocycles. The van der Waals surface area contributed by atoms with Crippen LogP contribution in [0.2, 0.25) is 0 Å². The number of cyclic esters (lactones) is 1. The fourth-order valence-electron chi connectivity index (χ4n) is 3.66. The van der Waals surface area contributed by atoms with Gasteiger partial charge < -0.3 is 15.0 Å². The van der Waals surface area contributed by atoms with E-state index in [1.807, 2.05) is 4.90 Å². The molecule has 0 aromatic heterocycles. The zero-order valence-corrected chi connectivity index (χ0v) is 16.0. The number of amides is 2. The predicted molar refractivity (Wildman–Crippen MR) is 106 cm³/mol. The highest BCUT2D eigenvalue weighted by Gasteiger charge is 2.32. The fourth-order valence-corrected chi connectivity index (χ4v) is 3.66. The third-order valence-corrected chi connectivity index (χ3v) is 5.22. The SMILES string of the molecule is O=C(Nc1cc(C(F)(F)F)ccc1N1CCCC1)c1ccc(N2CCOC2=O)cc1. The molecule has 30 heavy (non-hydrogen) atoms. The Bertz CT molecular complexity index is 954. The Kier molecular flexibility index (Phi) is 5.27. The highest BCUT2D eigenvalue weighted by atomic mass is 19.4. The normalized spacial score (nSPS) is 16.7. The van der Waals surface area contributed by atoms with Crippen molar-refractivity contribution in [1.29, 1.82) is 0 Å². The van der Waals surface area contributed by atoms with Crippen molar-refractivity contribution in [2.75, 3.05) is 41.4 Å². The predicted octanol–water partition coefficient (Wildman–Crippen LogP) is 4.51. The van der Waals surface area contributed by atoms with Crippen molar-refractivity contribution >= 4 is 29.1 Å². The first-order valence-corrected chi connectivity index (χ1v) is 9.65. The third-order valence-electron chi connectivity index (χ3n) is 5.22. The number of rotatable bonds is 4. The summed E-state index contributed by atoms with van der Waals surface area (Å²) in [7, 11) is 0. The number of carbonyl (C=O) groups is 2. The van der Waals surface area contributed by atoms with E-state index in [4.69, 9.17) is 4.74 Å².